The summed E-state index contributed by atoms with van der Waals surface area (Å²) < 4.78 is 12.3. The molecule has 0 spiro atoms. The van der Waals surface area contributed by atoms with E-state index < -0.39 is 0 Å². The van der Waals surface area contributed by atoms with E-state index in [0.29, 0.717) is 30.5 Å². The molecule has 6 heteroatoms. The van der Waals surface area contributed by atoms with E-state index in [1.807, 2.05) is 36.1 Å². The number of ether oxygens (including phenoxy) is 1. The molecule has 3 rings (SSSR count). The number of hydrogen-bond donors (Lipinski definition) is 1. The Hall–Kier alpha value is -1.79. The lowest BCUT2D eigenvalue weighted by Crippen LogP contribution is -2.34. The van der Waals surface area contributed by atoms with Gasteiger partial charge in [-0.25, -0.2) is 0 Å². The number of carbonyl (C=O) groups excluding carboxylic acids is 1. The zero-order chi connectivity index (χ0) is 17.1. The maximum absolute atomic E-state index is 12.6. The van der Waals surface area contributed by atoms with Crippen molar-refractivity contribution in [3.8, 4) is 5.75 Å². The van der Waals surface area contributed by atoms with Gasteiger partial charge in [0.05, 0.1) is 0 Å². The van der Waals surface area contributed by atoms with E-state index in [2.05, 4.69) is 15.9 Å². The molecule has 1 amide bonds. The molecule has 0 aliphatic carbocycles. The van der Waals surface area contributed by atoms with Crippen LogP contribution in [0.2, 0.25) is 0 Å². The predicted molar refractivity (Wildman–Crippen MR) is 94.8 cm³/mol. The van der Waals surface area contributed by atoms with Crippen molar-refractivity contribution >= 4 is 21.8 Å². The van der Waals surface area contributed by atoms with Gasteiger partial charge >= 0.3 is 0 Å². The van der Waals surface area contributed by atoms with Gasteiger partial charge in [-0.1, -0.05) is 22.0 Å². The van der Waals surface area contributed by atoms with E-state index in [-0.39, 0.29) is 18.6 Å². The summed E-state index contributed by atoms with van der Waals surface area (Å²) in [5, 5.41) is 0. The van der Waals surface area contributed by atoms with Crippen molar-refractivity contribution in [3.05, 3.63) is 52.4 Å². The minimum atomic E-state index is -0.0767. The molecule has 2 unspecified atom stereocenters. The molecule has 0 saturated carbocycles. The van der Waals surface area contributed by atoms with E-state index in [4.69, 9.17) is 14.9 Å². The summed E-state index contributed by atoms with van der Waals surface area (Å²) in [6.07, 6.45) is 0.946. The predicted octanol–water partition coefficient (Wildman–Crippen LogP) is 3.43. The highest BCUT2D eigenvalue weighted by atomic mass is 79.9. The number of likely N-dealkylation sites (tertiary alicyclic amines) is 1. The first-order valence-electron chi connectivity index (χ1n) is 8.05. The first-order valence-corrected chi connectivity index (χ1v) is 8.84. The van der Waals surface area contributed by atoms with Crippen molar-refractivity contribution in [2.45, 2.75) is 26.0 Å². The van der Waals surface area contributed by atoms with Crippen LogP contribution in [0.5, 0.6) is 5.75 Å². The molecule has 0 bridgehead atoms. The van der Waals surface area contributed by atoms with Crippen LogP contribution >= 0.6 is 15.9 Å². The first kappa shape index (κ1) is 17.0. The van der Waals surface area contributed by atoms with Crippen molar-refractivity contribution in [1.82, 2.24) is 4.90 Å². The molecule has 1 saturated heterocycles. The standard InChI is InChI=1S/C18H21BrN2O3/c1-12-7-13(9-20)10-21(12)18(22)17-6-5-16(24-17)11-23-15-4-2-3-14(19)8-15/h2-6,8,12-13H,7,9-11,20H2,1H3. The smallest absolute Gasteiger partial charge is 0.289 e. The SMILES string of the molecule is CC1CC(CN)CN1C(=O)c1ccc(COc2cccc(Br)c2)o1. The highest BCUT2D eigenvalue weighted by Gasteiger charge is 2.33. The lowest BCUT2D eigenvalue weighted by molar-refractivity contribution is 0.0707. The van der Waals surface area contributed by atoms with Crippen LogP contribution in [0.1, 0.15) is 29.7 Å². The van der Waals surface area contributed by atoms with Crippen LogP contribution in [0.15, 0.2) is 45.3 Å². The Morgan fingerprint density at radius 1 is 1.42 bits per heavy atom. The number of amides is 1. The summed E-state index contributed by atoms with van der Waals surface area (Å²) in [5.74, 6) is 2.02. The molecule has 128 valence electrons. The van der Waals surface area contributed by atoms with Gasteiger partial charge in [0.15, 0.2) is 5.76 Å². The molecule has 2 aromatic rings. The van der Waals surface area contributed by atoms with Gasteiger partial charge in [-0.15, -0.1) is 0 Å². The van der Waals surface area contributed by atoms with Gasteiger partial charge in [-0.05, 0) is 56.1 Å². The average molecular weight is 393 g/mol. The molecule has 2 N–H and O–H groups in total. The number of hydrogen-bond acceptors (Lipinski definition) is 4. The first-order chi connectivity index (χ1) is 11.6. The molecule has 1 aromatic heterocycles. The Labute approximate surface area is 149 Å². The molecule has 24 heavy (non-hydrogen) atoms. The summed E-state index contributed by atoms with van der Waals surface area (Å²) in [6, 6.07) is 11.3. The minimum Gasteiger partial charge on any atom is -0.486 e. The van der Waals surface area contributed by atoms with Gasteiger partial charge in [0.25, 0.3) is 5.91 Å². The zero-order valence-electron chi connectivity index (χ0n) is 13.6. The van der Waals surface area contributed by atoms with Gasteiger partial charge in [0.1, 0.15) is 18.1 Å². The van der Waals surface area contributed by atoms with E-state index in [1.165, 1.54) is 0 Å². The molecule has 1 fully saturated rings. The Balaban J connectivity index is 1.62. The zero-order valence-corrected chi connectivity index (χ0v) is 15.2. The number of furan rings is 1. The molecule has 2 atom stereocenters. The summed E-state index contributed by atoms with van der Waals surface area (Å²) >= 11 is 3.40. The van der Waals surface area contributed by atoms with Gasteiger partial charge in [0, 0.05) is 17.1 Å². The molecule has 0 radical (unpaired) electrons. The number of carbonyl (C=O) groups is 1. The second kappa shape index (κ2) is 7.40. The van der Waals surface area contributed by atoms with E-state index in [9.17, 15) is 4.79 Å². The maximum atomic E-state index is 12.6. The summed E-state index contributed by atoms with van der Waals surface area (Å²) in [5.41, 5.74) is 5.73. The average Bonchev–Trinajstić information content (AvgIpc) is 3.19. The number of rotatable bonds is 5. The third kappa shape index (κ3) is 3.82. The fraction of sp³-hybridized carbons (Fsp3) is 0.389. The highest BCUT2D eigenvalue weighted by molar-refractivity contribution is 9.10. The number of benzene rings is 1. The molecular formula is C18H21BrN2O3. The van der Waals surface area contributed by atoms with Crippen LogP contribution in [0, 0.1) is 5.92 Å². The maximum Gasteiger partial charge on any atom is 0.289 e. The Kier molecular flexibility index (Phi) is 5.26. The van der Waals surface area contributed by atoms with Gasteiger partial charge in [0.2, 0.25) is 0 Å². The molecule has 1 aromatic carbocycles. The summed E-state index contributed by atoms with van der Waals surface area (Å²) in [6.45, 7) is 3.64. The third-order valence-electron chi connectivity index (χ3n) is 4.31. The Bertz CT molecular complexity index is 716. The quantitative estimate of drug-likeness (QED) is 0.845. The van der Waals surface area contributed by atoms with Gasteiger partial charge in [-0.3, -0.25) is 4.79 Å². The van der Waals surface area contributed by atoms with Crippen molar-refractivity contribution < 1.29 is 13.9 Å². The molecule has 1 aliphatic heterocycles. The molecule has 5 nitrogen and oxygen atoms in total. The number of halogens is 1. The van der Waals surface area contributed by atoms with Crippen LogP contribution in [0.3, 0.4) is 0 Å². The van der Waals surface area contributed by atoms with Crippen LogP contribution in [0.4, 0.5) is 0 Å². The van der Waals surface area contributed by atoms with E-state index >= 15 is 0 Å². The fourth-order valence-corrected chi connectivity index (χ4v) is 3.40. The van der Waals surface area contributed by atoms with Crippen molar-refractivity contribution in [2.24, 2.45) is 11.7 Å². The summed E-state index contributed by atoms with van der Waals surface area (Å²) in [7, 11) is 0. The Morgan fingerprint density at radius 2 is 2.25 bits per heavy atom. The topological polar surface area (TPSA) is 68.7 Å². The largest absolute Gasteiger partial charge is 0.486 e. The normalized spacial score (nSPS) is 20.4. The van der Waals surface area contributed by atoms with E-state index in [0.717, 1.165) is 16.6 Å². The molecule has 2 heterocycles. The lowest BCUT2D eigenvalue weighted by atomic mass is 10.1. The van der Waals surface area contributed by atoms with E-state index in [1.54, 1.807) is 12.1 Å². The van der Waals surface area contributed by atoms with Crippen LogP contribution in [-0.4, -0.2) is 29.9 Å². The highest BCUT2D eigenvalue weighted by Crippen LogP contribution is 2.25. The van der Waals surface area contributed by atoms with Gasteiger partial charge < -0.3 is 19.8 Å². The Morgan fingerprint density at radius 3 is 2.96 bits per heavy atom. The number of nitrogens with two attached hydrogens (primary N) is 1. The number of nitrogens with zero attached hydrogens (tertiary/aromatic N) is 1. The monoisotopic (exact) mass is 392 g/mol. The second-order valence-electron chi connectivity index (χ2n) is 6.16. The lowest BCUT2D eigenvalue weighted by Gasteiger charge is -2.20. The van der Waals surface area contributed by atoms with Crippen molar-refractivity contribution in [2.75, 3.05) is 13.1 Å². The second-order valence-corrected chi connectivity index (χ2v) is 7.07. The van der Waals surface area contributed by atoms with Crippen molar-refractivity contribution in [3.63, 3.8) is 0 Å². The van der Waals surface area contributed by atoms with Crippen LogP contribution in [-0.2, 0) is 6.61 Å². The fourth-order valence-electron chi connectivity index (χ4n) is 3.02. The summed E-state index contributed by atoms with van der Waals surface area (Å²) in [4.78, 5) is 14.4. The van der Waals surface area contributed by atoms with Crippen LogP contribution in [0.25, 0.3) is 0 Å². The molecular weight excluding hydrogens is 372 g/mol. The minimum absolute atomic E-state index is 0.0767. The van der Waals surface area contributed by atoms with Crippen LogP contribution < -0.4 is 10.5 Å². The molecule has 1 aliphatic rings. The van der Waals surface area contributed by atoms with Gasteiger partial charge in [-0.2, -0.15) is 0 Å². The van der Waals surface area contributed by atoms with Crippen molar-refractivity contribution in [1.29, 1.82) is 0 Å². The third-order valence-corrected chi connectivity index (χ3v) is 4.80.